The number of pyridine rings is 1. The van der Waals surface area contributed by atoms with Gasteiger partial charge in [-0.2, -0.15) is 0 Å². The monoisotopic (exact) mass is 261 g/mol. The maximum atomic E-state index is 12.3. The molecule has 0 aliphatic carbocycles. The number of ketones is 1. The molecule has 1 aromatic carbocycles. The first-order valence-corrected chi connectivity index (χ1v) is 7.02. The molecule has 0 saturated heterocycles. The predicted octanol–water partition coefficient (Wildman–Crippen LogP) is 1.98. The van der Waals surface area contributed by atoms with Crippen LogP contribution in [0.4, 0.5) is 0 Å². The fourth-order valence-corrected chi connectivity index (χ4v) is 3.85. The molecule has 2 aromatic rings. The number of aromatic nitrogens is 1. The van der Waals surface area contributed by atoms with Crippen LogP contribution in [-0.4, -0.2) is 23.9 Å². The van der Waals surface area contributed by atoms with Crippen molar-refractivity contribution in [2.24, 2.45) is 0 Å². The predicted molar refractivity (Wildman–Crippen MR) is 67.3 cm³/mol. The van der Waals surface area contributed by atoms with Crippen molar-refractivity contribution >= 4 is 26.5 Å². The summed E-state index contributed by atoms with van der Waals surface area (Å²) < 4.78 is 23.3. The summed E-state index contributed by atoms with van der Waals surface area (Å²) in [6.07, 6.45) is 1.62. The van der Waals surface area contributed by atoms with Crippen LogP contribution in [0.15, 0.2) is 35.4 Å². The van der Waals surface area contributed by atoms with E-state index in [-0.39, 0.29) is 16.2 Å². The molecule has 1 aliphatic heterocycles. The highest BCUT2D eigenvalue weighted by molar-refractivity contribution is 7.94. The van der Waals surface area contributed by atoms with E-state index >= 15 is 0 Å². The van der Waals surface area contributed by atoms with Crippen LogP contribution in [0.3, 0.4) is 0 Å². The molecular weight excluding hydrogens is 250 g/mol. The van der Waals surface area contributed by atoms with Crippen LogP contribution in [-0.2, 0) is 9.84 Å². The zero-order chi connectivity index (χ0) is 13.1. The van der Waals surface area contributed by atoms with E-state index in [9.17, 15) is 13.2 Å². The highest BCUT2D eigenvalue weighted by atomic mass is 32.2. The van der Waals surface area contributed by atoms with Crippen molar-refractivity contribution < 1.29 is 13.2 Å². The zero-order valence-corrected chi connectivity index (χ0v) is 10.8. The molecule has 0 unspecified atom stereocenters. The lowest BCUT2D eigenvalue weighted by Gasteiger charge is -2.13. The lowest BCUT2D eigenvalue weighted by Crippen LogP contribution is -2.33. The van der Waals surface area contributed by atoms with Crippen molar-refractivity contribution in [3.8, 4) is 0 Å². The van der Waals surface area contributed by atoms with Crippen molar-refractivity contribution in [2.45, 2.75) is 23.5 Å². The molecule has 2 heterocycles. The maximum Gasteiger partial charge on any atom is 0.191 e. The average Bonchev–Trinajstić information content (AvgIpc) is 2.47. The van der Waals surface area contributed by atoms with E-state index in [2.05, 4.69) is 4.98 Å². The van der Waals surface area contributed by atoms with Crippen LogP contribution in [0.25, 0.3) is 10.9 Å². The fourth-order valence-electron chi connectivity index (χ4n) is 2.22. The highest BCUT2D eigenvalue weighted by Gasteiger charge is 2.51. The minimum Gasteiger partial charge on any atom is -0.292 e. The number of benzene rings is 1. The topological polar surface area (TPSA) is 64.1 Å². The molecule has 92 valence electrons. The fraction of sp³-hybridized carbons (Fsp3) is 0.231. The van der Waals surface area contributed by atoms with Crippen molar-refractivity contribution in [1.82, 2.24) is 4.98 Å². The van der Waals surface area contributed by atoms with E-state index in [1.165, 1.54) is 13.8 Å². The van der Waals surface area contributed by atoms with Crippen LogP contribution < -0.4 is 0 Å². The Morgan fingerprint density at radius 1 is 1.22 bits per heavy atom. The van der Waals surface area contributed by atoms with E-state index in [0.29, 0.717) is 5.52 Å². The molecule has 18 heavy (non-hydrogen) atoms. The van der Waals surface area contributed by atoms with E-state index in [0.717, 1.165) is 5.39 Å². The summed E-state index contributed by atoms with van der Waals surface area (Å²) >= 11 is 0. The third-order valence-electron chi connectivity index (χ3n) is 3.46. The molecule has 4 nitrogen and oxygen atoms in total. The van der Waals surface area contributed by atoms with E-state index in [1.54, 1.807) is 30.5 Å². The normalized spacial score (nSPS) is 20.0. The van der Waals surface area contributed by atoms with Gasteiger partial charge in [-0.25, -0.2) is 8.42 Å². The van der Waals surface area contributed by atoms with Crippen molar-refractivity contribution in [1.29, 1.82) is 0 Å². The minimum atomic E-state index is -3.60. The summed E-state index contributed by atoms with van der Waals surface area (Å²) in [5, 5.41) is 0.727. The minimum absolute atomic E-state index is 0.123. The second-order valence-electron chi connectivity index (χ2n) is 4.89. The number of hydrogen-bond acceptors (Lipinski definition) is 4. The molecule has 1 aromatic heterocycles. The van der Waals surface area contributed by atoms with E-state index in [1.807, 2.05) is 0 Å². The second kappa shape index (κ2) is 3.17. The summed E-state index contributed by atoms with van der Waals surface area (Å²) in [5.74, 6) is -0.356. The number of sulfone groups is 1. The van der Waals surface area contributed by atoms with Gasteiger partial charge in [-0.1, -0.05) is 6.07 Å². The van der Waals surface area contributed by atoms with Crippen LogP contribution >= 0.6 is 0 Å². The number of hydrogen-bond donors (Lipinski definition) is 0. The van der Waals surface area contributed by atoms with Gasteiger partial charge in [-0.3, -0.25) is 9.78 Å². The second-order valence-corrected chi connectivity index (χ2v) is 7.35. The van der Waals surface area contributed by atoms with Crippen LogP contribution in [0.2, 0.25) is 0 Å². The Labute approximate surface area is 105 Å². The number of carbonyl (C=O) groups is 1. The molecule has 0 atom stereocenters. The third kappa shape index (κ3) is 1.17. The van der Waals surface area contributed by atoms with Gasteiger partial charge in [0.25, 0.3) is 0 Å². The molecule has 5 heteroatoms. The number of Topliss-reactive ketones (excluding diaryl/α,β-unsaturated/α-hetero) is 1. The lowest BCUT2D eigenvalue weighted by molar-refractivity contribution is 0.0959. The van der Waals surface area contributed by atoms with Gasteiger partial charge in [0.1, 0.15) is 4.75 Å². The van der Waals surface area contributed by atoms with Gasteiger partial charge < -0.3 is 0 Å². The standard InChI is InChI=1S/C13H11NO3S/c1-13(2)12(15)9-7-10-8(4-3-5-14-10)6-11(9)18(13,16)17/h3-7H,1-2H3. The summed E-state index contributed by atoms with van der Waals surface area (Å²) in [5.41, 5.74) is 0.892. The molecule has 0 saturated carbocycles. The Kier molecular flexibility index (Phi) is 2.00. The SMILES string of the molecule is CC1(C)C(=O)c2cc3ncccc3cc2S1(=O)=O. The largest absolute Gasteiger partial charge is 0.292 e. The summed E-state index contributed by atoms with van der Waals surface area (Å²) in [4.78, 5) is 16.4. The van der Waals surface area contributed by atoms with Gasteiger partial charge in [0.2, 0.25) is 0 Å². The molecule has 0 amide bonds. The van der Waals surface area contributed by atoms with Crippen molar-refractivity contribution in [2.75, 3.05) is 0 Å². The number of nitrogens with zero attached hydrogens (tertiary/aromatic N) is 1. The van der Waals surface area contributed by atoms with Gasteiger partial charge in [-0.15, -0.1) is 0 Å². The Hall–Kier alpha value is -1.75. The molecule has 0 fully saturated rings. The number of rotatable bonds is 0. The first-order valence-electron chi connectivity index (χ1n) is 5.54. The quantitative estimate of drug-likeness (QED) is 0.727. The maximum absolute atomic E-state index is 12.3. The Morgan fingerprint density at radius 2 is 1.94 bits per heavy atom. The van der Waals surface area contributed by atoms with Crippen LogP contribution in [0.1, 0.15) is 24.2 Å². The van der Waals surface area contributed by atoms with Gasteiger partial charge in [0, 0.05) is 17.1 Å². The smallest absolute Gasteiger partial charge is 0.191 e. The molecule has 0 radical (unpaired) electrons. The van der Waals surface area contributed by atoms with Gasteiger partial charge in [0.05, 0.1) is 10.4 Å². The Bertz CT molecular complexity index is 791. The van der Waals surface area contributed by atoms with Crippen molar-refractivity contribution in [3.63, 3.8) is 0 Å². The first kappa shape index (κ1) is 11.3. The summed E-state index contributed by atoms with van der Waals surface area (Å²) in [6, 6.07) is 6.64. The molecule has 3 rings (SSSR count). The Balaban J connectivity index is 2.48. The van der Waals surface area contributed by atoms with Crippen molar-refractivity contribution in [3.05, 3.63) is 36.0 Å². The van der Waals surface area contributed by atoms with Crippen LogP contribution in [0, 0.1) is 0 Å². The molecule has 0 spiro atoms. The number of fused-ring (bicyclic) bond motifs is 2. The van der Waals surface area contributed by atoms with Crippen LogP contribution in [0.5, 0.6) is 0 Å². The third-order valence-corrected chi connectivity index (χ3v) is 5.90. The lowest BCUT2D eigenvalue weighted by atomic mass is 10.00. The number of carbonyl (C=O) groups excluding carboxylic acids is 1. The molecule has 1 aliphatic rings. The van der Waals surface area contributed by atoms with Gasteiger partial charge >= 0.3 is 0 Å². The molecule has 0 bridgehead atoms. The molecular formula is C13H11NO3S. The first-order chi connectivity index (χ1) is 8.35. The zero-order valence-electron chi connectivity index (χ0n) is 9.97. The highest BCUT2D eigenvalue weighted by Crippen LogP contribution is 2.40. The summed E-state index contributed by atoms with van der Waals surface area (Å²) in [6.45, 7) is 2.89. The average molecular weight is 261 g/mol. The molecule has 0 N–H and O–H groups in total. The van der Waals surface area contributed by atoms with E-state index < -0.39 is 14.6 Å². The van der Waals surface area contributed by atoms with Gasteiger partial charge in [-0.05, 0) is 32.0 Å². The Morgan fingerprint density at radius 3 is 2.67 bits per heavy atom. The van der Waals surface area contributed by atoms with Gasteiger partial charge in [0.15, 0.2) is 15.6 Å². The van der Waals surface area contributed by atoms with E-state index in [4.69, 9.17) is 0 Å². The summed E-state index contributed by atoms with van der Waals surface area (Å²) in [7, 11) is -3.60.